The first-order chi connectivity index (χ1) is 13.0. The minimum atomic E-state index is -0.691. The zero-order valence-corrected chi connectivity index (χ0v) is 15.0. The number of fused-ring (bicyclic) bond motifs is 2. The highest BCUT2D eigenvalue weighted by Crippen LogP contribution is 2.29. The molecular formula is C20H19FN4O2. The summed E-state index contributed by atoms with van der Waals surface area (Å²) in [6.07, 6.45) is 0. The van der Waals surface area contributed by atoms with Gasteiger partial charge in [0.25, 0.3) is 5.91 Å². The molecule has 0 aliphatic carbocycles. The predicted molar refractivity (Wildman–Crippen MR) is 99.6 cm³/mol. The van der Waals surface area contributed by atoms with Gasteiger partial charge in [-0.2, -0.15) is 5.10 Å². The van der Waals surface area contributed by atoms with Crippen LogP contribution in [-0.2, 0) is 11.3 Å². The zero-order chi connectivity index (χ0) is 19.1. The van der Waals surface area contributed by atoms with Crippen molar-refractivity contribution in [3.8, 4) is 0 Å². The second-order valence-electron chi connectivity index (χ2n) is 7.00. The lowest BCUT2D eigenvalue weighted by atomic mass is 10.0. The van der Waals surface area contributed by atoms with Crippen molar-refractivity contribution in [2.24, 2.45) is 5.92 Å². The Morgan fingerprint density at radius 1 is 1.22 bits per heavy atom. The second-order valence-corrected chi connectivity index (χ2v) is 7.00. The van der Waals surface area contributed by atoms with E-state index in [-0.39, 0.29) is 28.9 Å². The number of aromatic nitrogens is 2. The minimum Gasteiger partial charge on any atom is -0.322 e. The van der Waals surface area contributed by atoms with Crippen LogP contribution < -0.4 is 5.32 Å². The standard InChI is InChI=1S/C20H19FN4O2/c1-11(2)17(25-10-12-6-3-4-7-13(12)20(25)27)19(26)22-18-16-14(21)8-5-9-15(16)23-24-18/h3-9,11,17H,10H2,1-2H3,(H2,22,23,24,26)/t17-/m0/s1. The first-order valence-corrected chi connectivity index (χ1v) is 8.79. The normalized spacial score (nSPS) is 14.7. The number of rotatable bonds is 4. The van der Waals surface area contributed by atoms with Crippen LogP contribution in [0.5, 0.6) is 0 Å². The molecule has 1 aliphatic rings. The summed E-state index contributed by atoms with van der Waals surface area (Å²) < 4.78 is 14.2. The van der Waals surface area contributed by atoms with E-state index in [0.717, 1.165) is 5.56 Å². The van der Waals surface area contributed by atoms with E-state index >= 15 is 0 Å². The molecule has 1 atom stereocenters. The van der Waals surface area contributed by atoms with Crippen LogP contribution in [-0.4, -0.2) is 33.0 Å². The Balaban J connectivity index is 1.63. The summed E-state index contributed by atoms with van der Waals surface area (Å²) in [5.41, 5.74) is 2.01. The van der Waals surface area contributed by atoms with Gasteiger partial charge in [0, 0.05) is 12.1 Å². The average Bonchev–Trinajstić information content (AvgIpc) is 3.18. The van der Waals surface area contributed by atoms with Crippen molar-refractivity contribution in [2.75, 3.05) is 5.32 Å². The van der Waals surface area contributed by atoms with Gasteiger partial charge in [0.2, 0.25) is 5.91 Å². The number of nitrogens with zero attached hydrogens (tertiary/aromatic N) is 2. The fourth-order valence-electron chi connectivity index (χ4n) is 3.62. The number of halogens is 1. The number of benzene rings is 2. The van der Waals surface area contributed by atoms with Crippen LogP contribution in [0.3, 0.4) is 0 Å². The maximum Gasteiger partial charge on any atom is 0.255 e. The van der Waals surface area contributed by atoms with E-state index in [1.54, 1.807) is 23.1 Å². The molecule has 0 fully saturated rings. The molecule has 1 aromatic heterocycles. The van der Waals surface area contributed by atoms with Gasteiger partial charge >= 0.3 is 0 Å². The Kier molecular flexibility index (Phi) is 4.14. The van der Waals surface area contributed by atoms with Gasteiger partial charge in [-0.25, -0.2) is 4.39 Å². The number of aromatic amines is 1. The molecule has 0 radical (unpaired) electrons. The van der Waals surface area contributed by atoms with Crippen LogP contribution >= 0.6 is 0 Å². The lowest BCUT2D eigenvalue weighted by molar-refractivity contribution is -0.122. The number of amides is 2. The third-order valence-electron chi connectivity index (χ3n) is 4.87. The predicted octanol–water partition coefficient (Wildman–Crippen LogP) is 3.32. The Hall–Kier alpha value is -3.22. The second kappa shape index (κ2) is 6.50. The van der Waals surface area contributed by atoms with E-state index in [1.807, 2.05) is 32.0 Å². The Bertz CT molecular complexity index is 1040. The number of carbonyl (C=O) groups is 2. The van der Waals surface area contributed by atoms with E-state index < -0.39 is 11.9 Å². The van der Waals surface area contributed by atoms with E-state index in [0.29, 0.717) is 17.6 Å². The summed E-state index contributed by atoms with van der Waals surface area (Å²) in [6, 6.07) is 11.2. The monoisotopic (exact) mass is 366 g/mol. The third kappa shape index (κ3) is 2.85. The number of H-pyrrole nitrogens is 1. The molecule has 0 spiro atoms. The summed E-state index contributed by atoms with van der Waals surface area (Å²) in [7, 11) is 0. The molecule has 2 N–H and O–H groups in total. The molecule has 6 nitrogen and oxygen atoms in total. The highest BCUT2D eigenvalue weighted by Gasteiger charge is 2.38. The van der Waals surface area contributed by atoms with Gasteiger partial charge in [-0.15, -0.1) is 0 Å². The average molecular weight is 366 g/mol. The van der Waals surface area contributed by atoms with Crippen LogP contribution in [0.2, 0.25) is 0 Å². The van der Waals surface area contributed by atoms with Crippen LogP contribution in [0.25, 0.3) is 10.9 Å². The largest absolute Gasteiger partial charge is 0.322 e. The molecule has 2 aromatic carbocycles. The molecular weight excluding hydrogens is 347 g/mol. The van der Waals surface area contributed by atoms with Crippen molar-refractivity contribution in [3.63, 3.8) is 0 Å². The maximum absolute atomic E-state index is 14.2. The van der Waals surface area contributed by atoms with E-state index in [4.69, 9.17) is 0 Å². The lowest BCUT2D eigenvalue weighted by Gasteiger charge is -2.29. The van der Waals surface area contributed by atoms with Crippen LogP contribution in [0, 0.1) is 11.7 Å². The van der Waals surface area contributed by atoms with Crippen molar-refractivity contribution in [1.82, 2.24) is 15.1 Å². The van der Waals surface area contributed by atoms with Gasteiger partial charge in [-0.1, -0.05) is 38.1 Å². The first-order valence-electron chi connectivity index (χ1n) is 8.79. The van der Waals surface area contributed by atoms with Gasteiger partial charge < -0.3 is 10.2 Å². The summed E-state index contributed by atoms with van der Waals surface area (Å²) in [5, 5.41) is 9.65. The Morgan fingerprint density at radius 2 is 2.00 bits per heavy atom. The van der Waals surface area contributed by atoms with E-state index in [1.165, 1.54) is 6.07 Å². The Labute approximate surface area is 155 Å². The quantitative estimate of drug-likeness (QED) is 0.743. The number of hydrogen-bond acceptors (Lipinski definition) is 3. The molecule has 0 unspecified atom stereocenters. The van der Waals surface area contributed by atoms with Gasteiger partial charge in [0.15, 0.2) is 5.82 Å². The molecule has 3 aromatic rings. The molecule has 138 valence electrons. The number of anilines is 1. The number of hydrogen-bond donors (Lipinski definition) is 2. The van der Waals surface area contributed by atoms with Gasteiger partial charge in [-0.05, 0) is 29.7 Å². The third-order valence-corrected chi connectivity index (χ3v) is 4.87. The van der Waals surface area contributed by atoms with Crippen molar-refractivity contribution in [3.05, 3.63) is 59.4 Å². The van der Waals surface area contributed by atoms with Crippen LogP contribution in [0.15, 0.2) is 42.5 Å². The van der Waals surface area contributed by atoms with Crippen LogP contribution in [0.1, 0.15) is 29.8 Å². The molecule has 0 saturated heterocycles. The van der Waals surface area contributed by atoms with E-state index in [2.05, 4.69) is 15.5 Å². The number of carbonyl (C=O) groups excluding carboxylic acids is 2. The molecule has 0 bridgehead atoms. The van der Waals surface area contributed by atoms with E-state index in [9.17, 15) is 14.0 Å². The van der Waals surface area contributed by atoms with Crippen molar-refractivity contribution in [1.29, 1.82) is 0 Å². The van der Waals surface area contributed by atoms with Crippen LogP contribution in [0.4, 0.5) is 10.2 Å². The first kappa shape index (κ1) is 17.2. The van der Waals surface area contributed by atoms with Crippen molar-refractivity contribution < 1.29 is 14.0 Å². The molecule has 0 saturated carbocycles. The van der Waals surface area contributed by atoms with Gasteiger partial charge in [-0.3, -0.25) is 14.7 Å². The lowest BCUT2D eigenvalue weighted by Crippen LogP contribution is -2.47. The minimum absolute atomic E-state index is 0.127. The smallest absolute Gasteiger partial charge is 0.255 e. The molecule has 7 heteroatoms. The summed E-state index contributed by atoms with van der Waals surface area (Å²) >= 11 is 0. The molecule has 27 heavy (non-hydrogen) atoms. The molecule has 4 rings (SSSR count). The van der Waals surface area contributed by atoms with Gasteiger partial charge in [0.1, 0.15) is 11.9 Å². The maximum atomic E-state index is 14.2. The SMILES string of the molecule is CC(C)[C@@H](C(=O)Nc1n[nH]c2cccc(F)c12)N1Cc2ccccc2C1=O. The van der Waals surface area contributed by atoms with Crippen molar-refractivity contribution >= 4 is 28.5 Å². The fraction of sp³-hybridized carbons (Fsp3) is 0.250. The summed E-state index contributed by atoms with van der Waals surface area (Å²) in [6.45, 7) is 4.13. The summed E-state index contributed by atoms with van der Waals surface area (Å²) in [5.74, 6) is -1.02. The number of nitrogens with one attached hydrogen (secondary N) is 2. The molecule has 2 amide bonds. The highest BCUT2D eigenvalue weighted by molar-refractivity contribution is 6.06. The zero-order valence-electron chi connectivity index (χ0n) is 15.0. The topological polar surface area (TPSA) is 78.1 Å². The summed E-state index contributed by atoms with van der Waals surface area (Å²) in [4.78, 5) is 27.4. The van der Waals surface area contributed by atoms with Crippen molar-refractivity contribution in [2.45, 2.75) is 26.4 Å². The molecule has 1 aliphatic heterocycles. The highest BCUT2D eigenvalue weighted by atomic mass is 19.1. The Morgan fingerprint density at radius 3 is 2.74 bits per heavy atom. The van der Waals surface area contributed by atoms with Gasteiger partial charge in [0.05, 0.1) is 10.9 Å². The molecule has 2 heterocycles. The fourth-order valence-corrected chi connectivity index (χ4v) is 3.62.